The van der Waals surface area contributed by atoms with Gasteiger partial charge >= 0.3 is 0 Å². The van der Waals surface area contributed by atoms with Crippen molar-refractivity contribution in [3.05, 3.63) is 69.5 Å². The number of amides is 1. The van der Waals surface area contributed by atoms with Gasteiger partial charge in [-0.1, -0.05) is 11.6 Å². The third-order valence-electron chi connectivity index (χ3n) is 3.74. The van der Waals surface area contributed by atoms with Crippen LogP contribution >= 0.6 is 11.6 Å². The molecule has 0 atom stereocenters. The van der Waals surface area contributed by atoms with Crippen LogP contribution in [0.4, 0.5) is 5.69 Å². The number of carbonyl (C=O) groups excluding carboxylic acids is 1. The summed E-state index contributed by atoms with van der Waals surface area (Å²) < 4.78 is 6.91. The van der Waals surface area contributed by atoms with E-state index < -0.39 is 5.91 Å². The maximum atomic E-state index is 12.7. The maximum Gasteiger partial charge on any atom is 0.261 e. The van der Waals surface area contributed by atoms with Gasteiger partial charge in [-0.15, -0.1) is 0 Å². The molecule has 1 amide bonds. The Balaban J connectivity index is 2.05. The van der Waals surface area contributed by atoms with Gasteiger partial charge in [0, 0.05) is 24.0 Å². The van der Waals surface area contributed by atoms with Crippen LogP contribution in [-0.4, -0.2) is 17.6 Å². The molecule has 0 fully saturated rings. The van der Waals surface area contributed by atoms with Crippen LogP contribution in [0.2, 0.25) is 5.02 Å². The zero-order valence-electron chi connectivity index (χ0n) is 13.2. The molecule has 24 heavy (non-hydrogen) atoms. The smallest absolute Gasteiger partial charge is 0.261 e. The molecule has 0 bridgehead atoms. The Labute approximate surface area is 143 Å². The van der Waals surface area contributed by atoms with E-state index >= 15 is 0 Å². The third kappa shape index (κ3) is 2.98. The number of halogens is 1. The molecule has 0 radical (unpaired) electrons. The van der Waals surface area contributed by atoms with E-state index in [1.165, 1.54) is 13.3 Å². The van der Waals surface area contributed by atoms with Crippen LogP contribution < -0.4 is 15.5 Å². The van der Waals surface area contributed by atoms with Crippen molar-refractivity contribution in [1.82, 2.24) is 4.57 Å². The first-order valence-electron chi connectivity index (χ1n) is 7.24. The van der Waals surface area contributed by atoms with Crippen LogP contribution in [0.1, 0.15) is 10.4 Å². The molecule has 122 valence electrons. The Morgan fingerprint density at radius 1 is 1.17 bits per heavy atom. The zero-order valence-corrected chi connectivity index (χ0v) is 13.9. The van der Waals surface area contributed by atoms with Gasteiger partial charge in [-0.25, -0.2) is 0 Å². The van der Waals surface area contributed by atoms with Gasteiger partial charge in [0.2, 0.25) is 5.43 Å². The van der Waals surface area contributed by atoms with Gasteiger partial charge < -0.3 is 14.6 Å². The molecule has 1 N–H and O–H groups in total. The Morgan fingerprint density at radius 2 is 1.88 bits per heavy atom. The molecule has 0 aliphatic carbocycles. The lowest BCUT2D eigenvalue weighted by atomic mass is 10.1. The zero-order chi connectivity index (χ0) is 17.3. The van der Waals surface area contributed by atoms with Crippen molar-refractivity contribution >= 4 is 34.1 Å². The Bertz CT molecular complexity index is 978. The van der Waals surface area contributed by atoms with Crippen molar-refractivity contribution in [1.29, 1.82) is 0 Å². The predicted molar refractivity (Wildman–Crippen MR) is 95.1 cm³/mol. The number of nitrogens with zero attached hydrogens (tertiary/aromatic N) is 1. The van der Waals surface area contributed by atoms with Gasteiger partial charge in [-0.05, 0) is 42.5 Å². The summed E-state index contributed by atoms with van der Waals surface area (Å²) >= 11 is 5.83. The van der Waals surface area contributed by atoms with Gasteiger partial charge in [0.25, 0.3) is 5.91 Å². The van der Waals surface area contributed by atoms with Crippen molar-refractivity contribution in [3.8, 4) is 5.75 Å². The van der Waals surface area contributed by atoms with E-state index in [0.717, 1.165) is 5.52 Å². The number of rotatable bonds is 3. The van der Waals surface area contributed by atoms with Gasteiger partial charge in [0.15, 0.2) is 0 Å². The monoisotopic (exact) mass is 342 g/mol. The molecule has 3 aromatic rings. The van der Waals surface area contributed by atoms with E-state index in [-0.39, 0.29) is 11.0 Å². The van der Waals surface area contributed by atoms with Crippen molar-refractivity contribution < 1.29 is 9.53 Å². The molecule has 3 rings (SSSR count). The fraction of sp³-hybridized carbons (Fsp3) is 0.111. The molecule has 1 aromatic heterocycles. The minimum Gasteiger partial charge on any atom is -0.497 e. The van der Waals surface area contributed by atoms with Gasteiger partial charge in [0.1, 0.15) is 11.3 Å². The molecule has 0 saturated heterocycles. The number of pyridine rings is 1. The van der Waals surface area contributed by atoms with Crippen molar-refractivity contribution in [2.75, 3.05) is 12.4 Å². The first-order chi connectivity index (χ1) is 11.5. The summed E-state index contributed by atoms with van der Waals surface area (Å²) in [6.45, 7) is 0. The molecule has 0 unspecified atom stereocenters. The van der Waals surface area contributed by atoms with Crippen LogP contribution in [0.25, 0.3) is 10.9 Å². The summed E-state index contributed by atoms with van der Waals surface area (Å²) in [6.07, 6.45) is 1.53. The number of aryl methyl sites for hydroxylation is 1. The van der Waals surface area contributed by atoms with Crippen molar-refractivity contribution in [2.45, 2.75) is 0 Å². The van der Waals surface area contributed by atoms with E-state index in [2.05, 4.69) is 5.32 Å². The van der Waals surface area contributed by atoms with E-state index in [0.29, 0.717) is 21.8 Å². The number of ether oxygens (including phenoxy) is 1. The number of hydrogen-bond acceptors (Lipinski definition) is 3. The Hall–Kier alpha value is -2.79. The summed E-state index contributed by atoms with van der Waals surface area (Å²) in [4.78, 5) is 25.2. The molecule has 2 aromatic carbocycles. The predicted octanol–water partition coefficient (Wildman–Crippen LogP) is 3.45. The molecule has 5 nitrogen and oxygen atoms in total. The number of fused-ring (bicyclic) bond motifs is 1. The normalized spacial score (nSPS) is 10.6. The maximum absolute atomic E-state index is 12.7. The quantitative estimate of drug-likeness (QED) is 0.793. The average molecular weight is 343 g/mol. The summed E-state index contributed by atoms with van der Waals surface area (Å²) in [5.74, 6) is 0.0949. The van der Waals surface area contributed by atoms with Crippen LogP contribution in [0.15, 0.2) is 53.5 Å². The van der Waals surface area contributed by atoms with E-state index in [4.69, 9.17) is 16.3 Å². The molecular formula is C18H15ClN2O3. The van der Waals surface area contributed by atoms with Crippen LogP contribution in [-0.2, 0) is 7.05 Å². The highest BCUT2D eigenvalue weighted by molar-refractivity contribution is 6.30. The minimum atomic E-state index is -0.470. The molecule has 1 heterocycles. The largest absolute Gasteiger partial charge is 0.497 e. The van der Waals surface area contributed by atoms with E-state index in [1.54, 1.807) is 54.1 Å². The topological polar surface area (TPSA) is 60.3 Å². The molecule has 0 spiro atoms. The fourth-order valence-corrected chi connectivity index (χ4v) is 2.62. The summed E-state index contributed by atoms with van der Waals surface area (Å²) in [5.41, 5.74) is 1.02. The highest BCUT2D eigenvalue weighted by Crippen LogP contribution is 2.19. The highest BCUT2D eigenvalue weighted by Gasteiger charge is 2.15. The second-order valence-electron chi connectivity index (χ2n) is 5.33. The standard InChI is InChI=1S/C18H15ClN2O3/c1-21-10-15(18(23)20-12-5-3-11(19)4-6-12)17(22)14-9-13(24-2)7-8-16(14)21/h3-10H,1-2H3,(H,20,23). The highest BCUT2D eigenvalue weighted by atomic mass is 35.5. The summed E-state index contributed by atoms with van der Waals surface area (Å²) in [6, 6.07) is 11.9. The number of anilines is 1. The Morgan fingerprint density at radius 3 is 2.54 bits per heavy atom. The molecule has 0 saturated carbocycles. The van der Waals surface area contributed by atoms with Gasteiger partial charge in [-0.3, -0.25) is 9.59 Å². The molecule has 6 heteroatoms. The lowest BCUT2D eigenvalue weighted by Crippen LogP contribution is -2.23. The first kappa shape index (κ1) is 16.1. The molecule has 0 aliphatic rings. The number of hydrogen-bond donors (Lipinski definition) is 1. The summed E-state index contributed by atoms with van der Waals surface area (Å²) in [5, 5.41) is 3.71. The Kier molecular flexibility index (Phi) is 4.27. The van der Waals surface area contributed by atoms with E-state index in [1.807, 2.05) is 0 Å². The fourth-order valence-electron chi connectivity index (χ4n) is 2.49. The van der Waals surface area contributed by atoms with E-state index in [9.17, 15) is 9.59 Å². The second kappa shape index (κ2) is 6.37. The second-order valence-corrected chi connectivity index (χ2v) is 5.76. The number of methoxy groups -OCH3 is 1. The van der Waals surface area contributed by atoms with Gasteiger partial charge in [0.05, 0.1) is 18.0 Å². The number of aromatic nitrogens is 1. The number of benzene rings is 2. The average Bonchev–Trinajstić information content (AvgIpc) is 2.59. The number of nitrogens with one attached hydrogen (secondary N) is 1. The lowest BCUT2D eigenvalue weighted by Gasteiger charge is -2.10. The SMILES string of the molecule is COc1ccc2c(c1)c(=O)c(C(=O)Nc1ccc(Cl)cc1)cn2C. The van der Waals surface area contributed by atoms with Crippen molar-refractivity contribution in [3.63, 3.8) is 0 Å². The lowest BCUT2D eigenvalue weighted by molar-refractivity contribution is 0.102. The van der Waals surface area contributed by atoms with Crippen LogP contribution in [0.3, 0.4) is 0 Å². The van der Waals surface area contributed by atoms with Crippen molar-refractivity contribution in [2.24, 2.45) is 7.05 Å². The molecular weight excluding hydrogens is 328 g/mol. The van der Waals surface area contributed by atoms with Gasteiger partial charge in [-0.2, -0.15) is 0 Å². The molecule has 0 aliphatic heterocycles. The summed E-state index contributed by atoms with van der Waals surface area (Å²) in [7, 11) is 3.32. The van der Waals surface area contributed by atoms with Crippen LogP contribution in [0.5, 0.6) is 5.75 Å². The first-order valence-corrected chi connectivity index (χ1v) is 7.61. The third-order valence-corrected chi connectivity index (χ3v) is 3.99. The minimum absolute atomic E-state index is 0.0632. The number of carbonyl (C=O) groups is 1. The van der Waals surface area contributed by atoms with Crippen LogP contribution in [0, 0.1) is 0 Å².